The first-order valence-electron chi connectivity index (χ1n) is 6.98. The normalized spacial score (nSPS) is 18.9. The molecule has 1 fully saturated rings. The van der Waals surface area contributed by atoms with Gasteiger partial charge in [0.25, 0.3) is 0 Å². The van der Waals surface area contributed by atoms with E-state index in [-0.39, 0.29) is 6.61 Å². The molecule has 0 spiro atoms. The maximum Gasteiger partial charge on any atom is 0.0540 e. The Morgan fingerprint density at radius 3 is 2.79 bits per heavy atom. The Hall–Kier alpha value is -0.820. The second-order valence-electron chi connectivity index (χ2n) is 6.02. The Bertz CT molecular complexity index is 457. The van der Waals surface area contributed by atoms with E-state index in [9.17, 15) is 0 Å². The van der Waals surface area contributed by atoms with E-state index >= 15 is 0 Å². The highest BCUT2D eigenvalue weighted by atomic mass is 32.1. The van der Waals surface area contributed by atoms with Crippen LogP contribution in [0.25, 0.3) is 0 Å². The van der Waals surface area contributed by atoms with Gasteiger partial charge in [0.15, 0.2) is 0 Å². The van der Waals surface area contributed by atoms with Crippen LogP contribution in [0.15, 0.2) is 11.4 Å². The van der Waals surface area contributed by atoms with Crippen LogP contribution in [0.2, 0.25) is 0 Å². The molecule has 0 aromatic carbocycles. The summed E-state index contributed by atoms with van der Waals surface area (Å²) in [6, 6.07) is 2.19. The number of aliphatic hydroxyl groups excluding tert-OH is 1. The monoisotopic (exact) mass is 277 g/mol. The molecule has 1 saturated heterocycles. The first-order chi connectivity index (χ1) is 9.09. The number of nitrogens with zero attached hydrogens (tertiary/aromatic N) is 1. The van der Waals surface area contributed by atoms with E-state index in [1.54, 1.807) is 11.3 Å². The second kappa shape index (κ2) is 6.56. The first kappa shape index (κ1) is 14.6. The number of aliphatic hydroxyl groups is 1. The lowest BCUT2D eigenvalue weighted by Gasteiger charge is -2.36. The van der Waals surface area contributed by atoms with Gasteiger partial charge >= 0.3 is 0 Å². The van der Waals surface area contributed by atoms with Crippen molar-refractivity contribution in [3.8, 4) is 11.8 Å². The van der Waals surface area contributed by atoms with Gasteiger partial charge in [-0.1, -0.05) is 25.7 Å². The maximum atomic E-state index is 8.70. The summed E-state index contributed by atoms with van der Waals surface area (Å²) < 4.78 is 0. The van der Waals surface area contributed by atoms with Gasteiger partial charge in [0.05, 0.1) is 6.61 Å². The highest BCUT2D eigenvalue weighted by Gasteiger charge is 2.25. The fourth-order valence-corrected chi connectivity index (χ4v) is 3.14. The summed E-state index contributed by atoms with van der Waals surface area (Å²) >= 11 is 1.79. The van der Waals surface area contributed by atoms with E-state index in [0.717, 1.165) is 12.1 Å². The average molecular weight is 277 g/mol. The van der Waals surface area contributed by atoms with Crippen molar-refractivity contribution in [3.05, 3.63) is 21.9 Å². The molecule has 2 heterocycles. The first-order valence-corrected chi connectivity index (χ1v) is 7.86. The van der Waals surface area contributed by atoms with Gasteiger partial charge in [-0.3, -0.25) is 4.90 Å². The molecule has 1 aliphatic rings. The molecule has 1 aromatic rings. The van der Waals surface area contributed by atoms with Crippen LogP contribution in [0.5, 0.6) is 0 Å². The Kier molecular flexibility index (Phi) is 5.04. The van der Waals surface area contributed by atoms with Crippen molar-refractivity contribution in [1.82, 2.24) is 4.90 Å². The van der Waals surface area contributed by atoms with E-state index in [1.165, 1.54) is 30.8 Å². The van der Waals surface area contributed by atoms with Gasteiger partial charge in [-0.2, -0.15) is 0 Å². The molecule has 0 atom stereocenters. The van der Waals surface area contributed by atoms with Gasteiger partial charge < -0.3 is 5.11 Å². The van der Waals surface area contributed by atoms with Gasteiger partial charge in [0.1, 0.15) is 0 Å². The van der Waals surface area contributed by atoms with Crippen LogP contribution in [-0.4, -0.2) is 29.7 Å². The molecule has 0 amide bonds. The third-order valence-electron chi connectivity index (χ3n) is 3.71. The molecule has 0 bridgehead atoms. The highest BCUT2D eigenvalue weighted by molar-refractivity contribution is 7.10. The predicted molar refractivity (Wildman–Crippen MR) is 81.2 cm³/mol. The molecule has 1 aliphatic heterocycles. The Balaban J connectivity index is 1.86. The van der Waals surface area contributed by atoms with Crippen molar-refractivity contribution >= 4 is 11.3 Å². The van der Waals surface area contributed by atoms with Crippen LogP contribution >= 0.6 is 11.3 Å². The maximum absolute atomic E-state index is 8.70. The Morgan fingerprint density at radius 2 is 2.11 bits per heavy atom. The highest BCUT2D eigenvalue weighted by Crippen LogP contribution is 2.30. The number of hydrogen-bond acceptors (Lipinski definition) is 3. The van der Waals surface area contributed by atoms with Crippen molar-refractivity contribution in [2.24, 2.45) is 5.41 Å². The molecule has 1 N–H and O–H groups in total. The van der Waals surface area contributed by atoms with Crippen LogP contribution in [0, 0.1) is 17.3 Å². The minimum atomic E-state index is 0.146. The molecule has 1 aromatic heterocycles. The van der Waals surface area contributed by atoms with E-state index in [2.05, 4.69) is 42.0 Å². The SMILES string of the molecule is CC1(C)CCN(Cc2cc(C#CCCO)cs2)CC1. The van der Waals surface area contributed by atoms with Gasteiger partial charge in [-0.15, -0.1) is 11.3 Å². The smallest absolute Gasteiger partial charge is 0.0540 e. The summed E-state index contributed by atoms with van der Waals surface area (Å²) in [6.45, 7) is 8.34. The number of thiophene rings is 1. The van der Waals surface area contributed by atoms with Crippen molar-refractivity contribution in [3.63, 3.8) is 0 Å². The van der Waals surface area contributed by atoms with E-state index in [0.29, 0.717) is 11.8 Å². The standard InChI is InChI=1S/C16H23NOS/c1-16(2)6-8-17(9-7-16)12-15-11-14(13-19-15)5-3-4-10-18/h11,13,18H,4,6-10,12H2,1-2H3. The quantitative estimate of drug-likeness (QED) is 0.858. The lowest BCUT2D eigenvalue weighted by Crippen LogP contribution is -2.36. The summed E-state index contributed by atoms with van der Waals surface area (Å²) in [6.07, 6.45) is 3.15. The molecule has 0 radical (unpaired) electrons. The van der Waals surface area contributed by atoms with Crippen molar-refractivity contribution in [1.29, 1.82) is 0 Å². The van der Waals surface area contributed by atoms with E-state index < -0.39 is 0 Å². The van der Waals surface area contributed by atoms with Crippen LogP contribution in [0.4, 0.5) is 0 Å². The van der Waals surface area contributed by atoms with E-state index in [1.807, 2.05) is 0 Å². The summed E-state index contributed by atoms with van der Waals surface area (Å²) in [7, 11) is 0. The average Bonchev–Trinajstić information content (AvgIpc) is 2.80. The van der Waals surface area contributed by atoms with Crippen molar-refractivity contribution in [2.45, 2.75) is 39.7 Å². The molecular formula is C16H23NOS. The van der Waals surface area contributed by atoms with Crippen LogP contribution < -0.4 is 0 Å². The molecule has 2 rings (SSSR count). The lowest BCUT2D eigenvalue weighted by molar-refractivity contribution is 0.128. The zero-order chi connectivity index (χ0) is 13.7. The number of likely N-dealkylation sites (tertiary alicyclic amines) is 1. The van der Waals surface area contributed by atoms with Gasteiger partial charge in [-0.05, 0) is 37.4 Å². The minimum absolute atomic E-state index is 0.146. The van der Waals surface area contributed by atoms with Crippen molar-refractivity contribution < 1.29 is 5.11 Å². The molecule has 3 heteroatoms. The van der Waals surface area contributed by atoms with Crippen LogP contribution in [0.1, 0.15) is 43.6 Å². The zero-order valence-electron chi connectivity index (χ0n) is 11.9. The molecular weight excluding hydrogens is 254 g/mol. The fraction of sp³-hybridized carbons (Fsp3) is 0.625. The molecule has 104 valence electrons. The summed E-state index contributed by atoms with van der Waals surface area (Å²) in [5.74, 6) is 6.07. The largest absolute Gasteiger partial charge is 0.395 e. The fourth-order valence-electron chi connectivity index (χ4n) is 2.29. The van der Waals surface area contributed by atoms with Crippen molar-refractivity contribution in [2.75, 3.05) is 19.7 Å². The Labute approximate surface area is 120 Å². The Morgan fingerprint density at radius 1 is 1.37 bits per heavy atom. The van der Waals surface area contributed by atoms with Gasteiger partial charge in [0.2, 0.25) is 0 Å². The zero-order valence-corrected chi connectivity index (χ0v) is 12.7. The van der Waals surface area contributed by atoms with Gasteiger partial charge in [-0.25, -0.2) is 0 Å². The second-order valence-corrected chi connectivity index (χ2v) is 7.01. The molecule has 19 heavy (non-hydrogen) atoms. The number of hydrogen-bond donors (Lipinski definition) is 1. The summed E-state index contributed by atoms with van der Waals surface area (Å²) in [4.78, 5) is 3.94. The molecule has 0 aliphatic carbocycles. The topological polar surface area (TPSA) is 23.5 Å². The number of rotatable bonds is 3. The molecule has 0 saturated carbocycles. The predicted octanol–water partition coefficient (Wildman–Crippen LogP) is 3.10. The summed E-state index contributed by atoms with van der Waals surface area (Å²) in [5, 5.41) is 10.8. The van der Waals surface area contributed by atoms with Gasteiger partial charge in [0, 0.05) is 28.8 Å². The van der Waals surface area contributed by atoms with Crippen LogP contribution in [0.3, 0.4) is 0 Å². The van der Waals surface area contributed by atoms with Crippen LogP contribution in [-0.2, 0) is 6.54 Å². The molecule has 2 nitrogen and oxygen atoms in total. The molecule has 0 unspecified atom stereocenters. The third-order valence-corrected chi connectivity index (χ3v) is 4.63. The number of piperidine rings is 1. The third kappa shape index (κ3) is 4.65. The summed E-state index contributed by atoms with van der Waals surface area (Å²) in [5.41, 5.74) is 1.61. The lowest BCUT2D eigenvalue weighted by atomic mass is 9.83. The minimum Gasteiger partial charge on any atom is -0.395 e. The van der Waals surface area contributed by atoms with E-state index in [4.69, 9.17) is 5.11 Å².